The van der Waals surface area contributed by atoms with Crippen LogP contribution in [0.15, 0.2) is 53.9 Å². The summed E-state index contributed by atoms with van der Waals surface area (Å²) in [4.78, 5) is 0. The molecule has 7 heteroatoms. The second-order valence-corrected chi connectivity index (χ2v) is 8.15. The highest BCUT2D eigenvalue weighted by atomic mass is 16.5. The lowest BCUT2D eigenvalue weighted by molar-refractivity contribution is 0.373. The fourth-order valence-corrected chi connectivity index (χ4v) is 4.11. The zero-order valence-corrected chi connectivity index (χ0v) is 18.6. The third-order valence-corrected chi connectivity index (χ3v) is 5.58. The molecule has 2 aromatic carbocycles. The van der Waals surface area contributed by atoms with E-state index in [0.29, 0.717) is 28.9 Å². The number of hydrogen-bond donors (Lipinski definition) is 2. The summed E-state index contributed by atoms with van der Waals surface area (Å²) in [6.07, 6.45) is 1.01. The average molecular weight is 431 g/mol. The summed E-state index contributed by atoms with van der Waals surface area (Å²) in [6.45, 7) is 4.40. The van der Waals surface area contributed by atoms with Crippen LogP contribution in [-0.2, 0) is 6.42 Å². The quantitative estimate of drug-likeness (QED) is 0.596. The predicted molar refractivity (Wildman–Crippen MR) is 121 cm³/mol. The highest BCUT2D eigenvalue weighted by molar-refractivity contribution is 5.72. The van der Waals surface area contributed by atoms with Gasteiger partial charge in [0, 0.05) is 17.2 Å². The maximum absolute atomic E-state index is 9.94. The van der Waals surface area contributed by atoms with Gasteiger partial charge in [0.15, 0.2) is 0 Å². The molecule has 3 N–H and O–H groups in total. The topological polar surface area (TPSA) is 106 Å². The molecule has 4 rings (SSSR count). The van der Waals surface area contributed by atoms with E-state index in [0.717, 1.165) is 28.8 Å². The van der Waals surface area contributed by atoms with Crippen molar-refractivity contribution >= 4 is 0 Å². The number of benzene rings is 2. The number of fused-ring (bicyclic) bond motifs is 1. The Morgan fingerprint density at radius 3 is 2.53 bits per heavy atom. The van der Waals surface area contributed by atoms with Crippen LogP contribution < -0.4 is 19.9 Å². The number of hydrogen-bond acceptors (Lipinski definition) is 6. The molecule has 2 heterocycles. The SMILES string of the molecule is COc1ccc(C2C(C#N)=C(N)Oc3n[nH]c(-c4ccc(CC(C)C)cc4)c32)c(OC)c1. The van der Waals surface area contributed by atoms with Crippen molar-refractivity contribution < 1.29 is 14.2 Å². The van der Waals surface area contributed by atoms with Gasteiger partial charge < -0.3 is 19.9 Å². The van der Waals surface area contributed by atoms with E-state index >= 15 is 0 Å². The first kappa shape index (κ1) is 21.3. The molecule has 1 aliphatic heterocycles. The number of aromatic amines is 1. The number of ether oxygens (including phenoxy) is 3. The molecule has 0 fully saturated rings. The Balaban J connectivity index is 1.87. The lowest BCUT2D eigenvalue weighted by Crippen LogP contribution is -2.21. The van der Waals surface area contributed by atoms with E-state index in [4.69, 9.17) is 19.9 Å². The van der Waals surface area contributed by atoms with Gasteiger partial charge in [0.05, 0.1) is 31.4 Å². The van der Waals surface area contributed by atoms with Crippen LogP contribution in [0, 0.1) is 17.2 Å². The van der Waals surface area contributed by atoms with Crippen LogP contribution in [0.3, 0.4) is 0 Å². The number of rotatable bonds is 6. The summed E-state index contributed by atoms with van der Waals surface area (Å²) in [5.74, 6) is 1.70. The molecule has 0 bridgehead atoms. The smallest absolute Gasteiger partial charge is 0.244 e. The molecular formula is C25H26N4O3. The number of H-pyrrole nitrogens is 1. The monoisotopic (exact) mass is 430 g/mol. The van der Waals surface area contributed by atoms with E-state index in [1.807, 2.05) is 12.1 Å². The van der Waals surface area contributed by atoms with Crippen molar-refractivity contribution in [3.8, 4) is 34.7 Å². The summed E-state index contributed by atoms with van der Waals surface area (Å²) in [7, 11) is 3.18. The minimum absolute atomic E-state index is 0.0354. The van der Waals surface area contributed by atoms with E-state index in [-0.39, 0.29) is 5.88 Å². The van der Waals surface area contributed by atoms with Gasteiger partial charge in [-0.25, -0.2) is 0 Å². The summed E-state index contributed by atoms with van der Waals surface area (Å²) in [5.41, 5.74) is 10.9. The number of nitrogens with one attached hydrogen (secondary N) is 1. The first-order valence-corrected chi connectivity index (χ1v) is 10.4. The number of nitrogens with two attached hydrogens (primary N) is 1. The third-order valence-electron chi connectivity index (χ3n) is 5.58. The molecule has 1 aromatic heterocycles. The number of nitrogens with zero attached hydrogens (tertiary/aromatic N) is 2. The predicted octanol–water partition coefficient (Wildman–Crippen LogP) is 4.51. The normalized spacial score (nSPS) is 15.2. The minimum atomic E-state index is -0.506. The van der Waals surface area contributed by atoms with Crippen molar-refractivity contribution in [1.82, 2.24) is 10.2 Å². The molecule has 0 radical (unpaired) electrons. The highest BCUT2D eigenvalue weighted by Gasteiger charge is 2.37. The second-order valence-electron chi connectivity index (χ2n) is 8.15. The maximum atomic E-state index is 9.94. The summed E-state index contributed by atoms with van der Waals surface area (Å²) < 4.78 is 16.7. The van der Waals surface area contributed by atoms with Crippen LogP contribution in [0.2, 0.25) is 0 Å². The Bertz CT molecular complexity index is 1200. The van der Waals surface area contributed by atoms with E-state index < -0.39 is 5.92 Å². The van der Waals surface area contributed by atoms with E-state index in [1.165, 1.54) is 5.56 Å². The number of allylic oxidation sites excluding steroid dienone is 1. The molecule has 0 spiro atoms. The van der Waals surface area contributed by atoms with E-state index in [9.17, 15) is 5.26 Å². The van der Waals surface area contributed by atoms with Crippen molar-refractivity contribution in [1.29, 1.82) is 5.26 Å². The van der Waals surface area contributed by atoms with Gasteiger partial charge in [-0.05, 0) is 24.0 Å². The standard InChI is InChI=1S/C25H26N4O3/c1-14(2)11-15-5-7-16(8-6-15)23-22-21(18-10-9-17(30-3)12-20(18)31-4)19(13-26)24(27)32-25(22)29-28-23/h5-10,12,14,21H,11,27H2,1-4H3,(H,28,29). The molecule has 1 unspecified atom stereocenters. The molecule has 1 atom stereocenters. The van der Waals surface area contributed by atoms with Gasteiger partial charge in [0.2, 0.25) is 11.8 Å². The van der Waals surface area contributed by atoms with Gasteiger partial charge in [-0.3, -0.25) is 5.10 Å². The molecule has 3 aromatic rings. The van der Waals surface area contributed by atoms with Gasteiger partial charge in [-0.15, -0.1) is 5.10 Å². The third kappa shape index (κ3) is 3.76. The van der Waals surface area contributed by atoms with Crippen molar-refractivity contribution in [2.45, 2.75) is 26.2 Å². The van der Waals surface area contributed by atoms with Crippen molar-refractivity contribution in [2.75, 3.05) is 14.2 Å². The molecule has 0 saturated carbocycles. The number of nitriles is 1. The summed E-state index contributed by atoms with van der Waals surface area (Å²) >= 11 is 0. The molecule has 164 valence electrons. The van der Waals surface area contributed by atoms with Crippen molar-refractivity contribution in [3.05, 3.63) is 70.6 Å². The molecule has 32 heavy (non-hydrogen) atoms. The fourth-order valence-electron chi connectivity index (χ4n) is 4.11. The second kappa shape index (κ2) is 8.67. The zero-order valence-electron chi connectivity index (χ0n) is 18.6. The molecular weight excluding hydrogens is 404 g/mol. The van der Waals surface area contributed by atoms with Crippen LogP contribution >= 0.6 is 0 Å². The van der Waals surface area contributed by atoms with Gasteiger partial charge >= 0.3 is 0 Å². The summed E-state index contributed by atoms with van der Waals surface area (Å²) in [6, 6.07) is 16.1. The molecule has 0 saturated heterocycles. The fraction of sp³-hybridized carbons (Fsp3) is 0.280. The Kier molecular flexibility index (Phi) is 5.78. The van der Waals surface area contributed by atoms with Crippen molar-refractivity contribution in [3.63, 3.8) is 0 Å². The maximum Gasteiger partial charge on any atom is 0.244 e. The Morgan fingerprint density at radius 2 is 1.91 bits per heavy atom. The van der Waals surface area contributed by atoms with Crippen LogP contribution in [0.4, 0.5) is 0 Å². The highest BCUT2D eigenvalue weighted by Crippen LogP contribution is 2.48. The Hall–Kier alpha value is -3.92. The van der Waals surface area contributed by atoms with Crippen LogP contribution in [0.5, 0.6) is 17.4 Å². The van der Waals surface area contributed by atoms with E-state index in [1.54, 1.807) is 20.3 Å². The average Bonchev–Trinajstić information content (AvgIpc) is 3.21. The zero-order chi connectivity index (χ0) is 22.8. The Morgan fingerprint density at radius 1 is 1.16 bits per heavy atom. The molecule has 0 aliphatic carbocycles. The molecule has 1 aliphatic rings. The van der Waals surface area contributed by atoms with Gasteiger partial charge in [0.1, 0.15) is 23.1 Å². The lowest BCUT2D eigenvalue weighted by atomic mass is 9.82. The van der Waals surface area contributed by atoms with Crippen LogP contribution in [-0.4, -0.2) is 24.4 Å². The number of methoxy groups -OCH3 is 2. The van der Waals surface area contributed by atoms with E-state index in [2.05, 4.69) is 54.4 Å². The first-order valence-electron chi connectivity index (χ1n) is 10.4. The van der Waals surface area contributed by atoms with Gasteiger partial charge in [0.25, 0.3) is 0 Å². The van der Waals surface area contributed by atoms with Gasteiger partial charge in [-0.1, -0.05) is 44.2 Å². The minimum Gasteiger partial charge on any atom is -0.497 e. The van der Waals surface area contributed by atoms with Crippen molar-refractivity contribution in [2.24, 2.45) is 11.7 Å². The lowest BCUT2D eigenvalue weighted by Gasteiger charge is -2.25. The molecule has 0 amide bonds. The number of aromatic nitrogens is 2. The largest absolute Gasteiger partial charge is 0.497 e. The van der Waals surface area contributed by atoms with Gasteiger partial charge in [-0.2, -0.15) is 5.26 Å². The van der Waals surface area contributed by atoms with Crippen LogP contribution in [0.1, 0.15) is 36.5 Å². The molecule has 7 nitrogen and oxygen atoms in total. The van der Waals surface area contributed by atoms with Crippen LogP contribution in [0.25, 0.3) is 11.3 Å². The Labute approximate surface area is 187 Å². The first-order chi connectivity index (χ1) is 15.5. The summed E-state index contributed by atoms with van der Waals surface area (Å²) in [5, 5.41) is 17.4.